The molecule has 1 fully saturated rings. The summed E-state index contributed by atoms with van der Waals surface area (Å²) >= 11 is 0. The van der Waals surface area contributed by atoms with Gasteiger partial charge in [0.25, 0.3) is 5.69 Å². The first-order valence-electron chi connectivity index (χ1n) is 10.5. The minimum atomic E-state index is -4.58. The van der Waals surface area contributed by atoms with E-state index in [1.54, 1.807) is 17.9 Å². The molecule has 1 heterocycles. The van der Waals surface area contributed by atoms with Crippen LogP contribution in [0.1, 0.15) is 12.5 Å². The zero-order valence-corrected chi connectivity index (χ0v) is 18.3. The molecule has 0 bridgehead atoms. The number of nitrogens with zero attached hydrogens (tertiary/aromatic N) is 3. The fourth-order valence-corrected chi connectivity index (χ4v) is 3.68. The lowest BCUT2D eigenvalue weighted by Gasteiger charge is -2.37. The van der Waals surface area contributed by atoms with Crippen molar-refractivity contribution < 1.29 is 27.7 Å². The molecule has 1 aliphatic rings. The molecule has 0 aromatic heterocycles. The van der Waals surface area contributed by atoms with E-state index in [1.807, 2.05) is 4.90 Å². The number of halogens is 3. The average Bonchev–Trinajstić information content (AvgIpc) is 2.79. The van der Waals surface area contributed by atoms with Crippen molar-refractivity contribution in [3.05, 3.63) is 64.2 Å². The number of amides is 2. The highest BCUT2D eigenvalue weighted by Crippen LogP contribution is 2.34. The second kappa shape index (κ2) is 10.6. The van der Waals surface area contributed by atoms with Crippen LogP contribution in [0.5, 0.6) is 0 Å². The smallest absolute Gasteiger partial charge is 0.324 e. The lowest BCUT2D eigenvalue weighted by molar-refractivity contribution is -0.383. The molecule has 34 heavy (non-hydrogen) atoms. The van der Waals surface area contributed by atoms with Gasteiger partial charge in [-0.3, -0.25) is 29.5 Å². The van der Waals surface area contributed by atoms with Crippen molar-refractivity contribution in [1.82, 2.24) is 9.80 Å². The Morgan fingerprint density at radius 2 is 1.59 bits per heavy atom. The Morgan fingerprint density at radius 1 is 1.00 bits per heavy atom. The van der Waals surface area contributed by atoms with E-state index in [-0.39, 0.29) is 23.6 Å². The minimum absolute atomic E-state index is 0.0865. The standard InChI is InChI=1S/C22H24F3N5O4/c1-15(21(32)27-18-8-4-5-9-19(18)30(33)34)29-12-10-28(11-13-29)14-20(31)26-17-7-3-2-6-16(17)22(23,24)25/h2-9,15H,10-14H2,1H3,(H,26,31)(H,27,32). The molecule has 1 unspecified atom stereocenters. The summed E-state index contributed by atoms with van der Waals surface area (Å²) in [7, 11) is 0. The van der Waals surface area contributed by atoms with Crippen molar-refractivity contribution in [2.45, 2.75) is 19.1 Å². The van der Waals surface area contributed by atoms with Crippen molar-refractivity contribution in [1.29, 1.82) is 0 Å². The molecule has 0 radical (unpaired) electrons. The third kappa shape index (κ3) is 6.29. The molecule has 0 spiro atoms. The number of nitrogens with one attached hydrogen (secondary N) is 2. The first-order valence-corrected chi connectivity index (χ1v) is 10.5. The van der Waals surface area contributed by atoms with E-state index in [2.05, 4.69) is 10.6 Å². The summed E-state index contributed by atoms with van der Waals surface area (Å²) in [5, 5.41) is 16.0. The summed E-state index contributed by atoms with van der Waals surface area (Å²) in [6.45, 7) is 3.34. The number of hydrogen-bond acceptors (Lipinski definition) is 6. The van der Waals surface area contributed by atoms with Crippen LogP contribution in [0.2, 0.25) is 0 Å². The van der Waals surface area contributed by atoms with Crippen LogP contribution in [0.15, 0.2) is 48.5 Å². The third-order valence-electron chi connectivity index (χ3n) is 5.57. The van der Waals surface area contributed by atoms with Crippen LogP contribution in [0, 0.1) is 10.1 Å². The van der Waals surface area contributed by atoms with E-state index in [0.717, 1.165) is 6.07 Å². The molecule has 2 amide bonds. The van der Waals surface area contributed by atoms with E-state index in [0.29, 0.717) is 26.2 Å². The van der Waals surface area contributed by atoms with Gasteiger partial charge in [-0.25, -0.2) is 0 Å². The van der Waals surface area contributed by atoms with E-state index >= 15 is 0 Å². The Hall–Kier alpha value is -3.51. The number of hydrogen-bond donors (Lipinski definition) is 2. The Morgan fingerprint density at radius 3 is 2.21 bits per heavy atom. The second-order valence-electron chi connectivity index (χ2n) is 7.84. The first-order chi connectivity index (χ1) is 16.1. The van der Waals surface area contributed by atoms with Gasteiger partial charge >= 0.3 is 6.18 Å². The van der Waals surface area contributed by atoms with Gasteiger partial charge in [-0.05, 0) is 25.1 Å². The molecule has 2 N–H and O–H groups in total. The second-order valence-corrected chi connectivity index (χ2v) is 7.84. The lowest BCUT2D eigenvalue weighted by atomic mass is 10.1. The number of nitro benzene ring substituents is 1. The number of nitro groups is 1. The van der Waals surface area contributed by atoms with Crippen molar-refractivity contribution in [3.8, 4) is 0 Å². The Labute approximate surface area is 193 Å². The molecule has 0 aliphatic carbocycles. The van der Waals surface area contributed by atoms with Crippen LogP contribution in [0.4, 0.5) is 30.2 Å². The zero-order valence-electron chi connectivity index (χ0n) is 18.3. The fraction of sp³-hybridized carbons (Fsp3) is 0.364. The molecule has 0 saturated carbocycles. The highest BCUT2D eigenvalue weighted by Gasteiger charge is 2.34. The van der Waals surface area contributed by atoms with Crippen LogP contribution in [-0.2, 0) is 15.8 Å². The topological polar surface area (TPSA) is 108 Å². The summed E-state index contributed by atoms with van der Waals surface area (Å²) in [6.07, 6.45) is -4.58. The van der Waals surface area contributed by atoms with Gasteiger partial charge in [0.15, 0.2) is 0 Å². The summed E-state index contributed by atoms with van der Waals surface area (Å²) < 4.78 is 39.3. The Balaban J connectivity index is 1.51. The molecule has 1 aliphatic heterocycles. The Bertz CT molecular complexity index is 1050. The average molecular weight is 479 g/mol. The largest absolute Gasteiger partial charge is 0.418 e. The summed E-state index contributed by atoms with van der Waals surface area (Å²) in [5.74, 6) is -0.962. The van der Waals surface area contributed by atoms with E-state index in [4.69, 9.17) is 0 Å². The van der Waals surface area contributed by atoms with Crippen molar-refractivity contribution in [2.75, 3.05) is 43.4 Å². The maximum Gasteiger partial charge on any atom is 0.418 e. The number of rotatable bonds is 7. The van der Waals surface area contributed by atoms with Crippen LogP contribution in [0.3, 0.4) is 0 Å². The predicted octanol–water partition coefficient (Wildman–Crippen LogP) is 3.20. The van der Waals surface area contributed by atoms with Crippen molar-refractivity contribution in [2.24, 2.45) is 0 Å². The first kappa shape index (κ1) is 25.1. The van der Waals surface area contributed by atoms with Gasteiger partial charge in [-0.1, -0.05) is 24.3 Å². The van der Waals surface area contributed by atoms with Crippen LogP contribution < -0.4 is 10.6 Å². The molecule has 2 aromatic rings. The number of piperazine rings is 1. The van der Waals surface area contributed by atoms with E-state index in [9.17, 15) is 32.9 Å². The third-order valence-corrected chi connectivity index (χ3v) is 5.57. The number of alkyl halides is 3. The normalized spacial score (nSPS) is 16.0. The minimum Gasteiger partial charge on any atom is -0.324 e. The van der Waals surface area contributed by atoms with Gasteiger partial charge in [0, 0.05) is 32.2 Å². The summed E-state index contributed by atoms with van der Waals surface area (Å²) in [6, 6.07) is 10.1. The van der Waals surface area contributed by atoms with Gasteiger partial charge in [0.2, 0.25) is 11.8 Å². The maximum atomic E-state index is 13.1. The van der Waals surface area contributed by atoms with Gasteiger partial charge in [0.05, 0.1) is 28.8 Å². The fourth-order valence-electron chi connectivity index (χ4n) is 3.68. The lowest BCUT2D eigenvalue weighted by Crippen LogP contribution is -2.53. The number of carbonyl (C=O) groups is 2. The number of anilines is 2. The van der Waals surface area contributed by atoms with Gasteiger partial charge < -0.3 is 10.6 Å². The number of benzene rings is 2. The van der Waals surface area contributed by atoms with Crippen LogP contribution >= 0.6 is 0 Å². The van der Waals surface area contributed by atoms with Crippen LogP contribution in [0.25, 0.3) is 0 Å². The highest BCUT2D eigenvalue weighted by molar-refractivity contribution is 5.96. The van der Waals surface area contributed by atoms with Gasteiger partial charge in [-0.15, -0.1) is 0 Å². The summed E-state index contributed by atoms with van der Waals surface area (Å²) in [4.78, 5) is 39.2. The quantitative estimate of drug-likeness (QED) is 0.467. The predicted molar refractivity (Wildman–Crippen MR) is 119 cm³/mol. The van der Waals surface area contributed by atoms with Crippen molar-refractivity contribution >= 4 is 28.9 Å². The maximum absolute atomic E-state index is 13.1. The number of carbonyl (C=O) groups excluding carboxylic acids is 2. The van der Waals surface area contributed by atoms with E-state index < -0.39 is 34.5 Å². The Kier molecular flexibility index (Phi) is 7.84. The zero-order chi connectivity index (χ0) is 24.9. The highest BCUT2D eigenvalue weighted by atomic mass is 19.4. The number of para-hydroxylation sites is 3. The molecule has 182 valence electrons. The van der Waals surface area contributed by atoms with Gasteiger partial charge in [0.1, 0.15) is 5.69 Å². The SMILES string of the molecule is CC(C(=O)Nc1ccccc1[N+](=O)[O-])N1CCN(CC(=O)Nc2ccccc2C(F)(F)F)CC1. The molecule has 9 nitrogen and oxygen atoms in total. The van der Waals surface area contributed by atoms with Gasteiger partial charge in [-0.2, -0.15) is 13.2 Å². The van der Waals surface area contributed by atoms with Crippen LogP contribution in [-0.4, -0.2) is 65.3 Å². The molecular weight excluding hydrogens is 455 g/mol. The molecular formula is C22H24F3N5O4. The van der Waals surface area contributed by atoms with Crippen molar-refractivity contribution in [3.63, 3.8) is 0 Å². The van der Waals surface area contributed by atoms with E-state index in [1.165, 1.54) is 36.4 Å². The molecule has 12 heteroatoms. The molecule has 1 atom stereocenters. The summed E-state index contributed by atoms with van der Waals surface area (Å²) in [5.41, 5.74) is -1.30. The molecule has 3 rings (SSSR count). The molecule has 2 aromatic carbocycles. The molecule has 1 saturated heterocycles. The monoisotopic (exact) mass is 479 g/mol.